The summed E-state index contributed by atoms with van der Waals surface area (Å²) in [6, 6.07) is 2.12. The van der Waals surface area contributed by atoms with Crippen LogP contribution in [0.3, 0.4) is 0 Å². The maximum atomic E-state index is 10.3. The molecule has 0 aliphatic heterocycles. The molecule has 0 unspecified atom stereocenters. The zero-order valence-corrected chi connectivity index (χ0v) is 6.88. The Labute approximate surface area is 74.8 Å². The molecule has 72 valence electrons. The first-order chi connectivity index (χ1) is 6.11. The molecule has 0 amide bonds. The van der Waals surface area contributed by atoms with E-state index in [2.05, 4.69) is 0 Å². The molecule has 0 fully saturated rings. The summed E-state index contributed by atoms with van der Waals surface area (Å²) in [5.41, 5.74) is 5.22. The molecule has 13 heavy (non-hydrogen) atoms. The number of furan rings is 1. The first-order valence-electron chi connectivity index (χ1n) is 3.81. The third kappa shape index (κ3) is 2.57. The van der Waals surface area contributed by atoms with Gasteiger partial charge in [-0.25, -0.2) is 0 Å². The molecule has 0 saturated carbocycles. The number of aliphatic hydroxyl groups excluding tert-OH is 1. The number of carboxylic acid groups (broad SMARTS) is 1. The van der Waals surface area contributed by atoms with E-state index in [9.17, 15) is 9.90 Å². The molecule has 0 saturated heterocycles. The van der Waals surface area contributed by atoms with Gasteiger partial charge in [0.2, 0.25) is 0 Å². The Kier molecular flexibility index (Phi) is 3.05. The second-order valence-corrected chi connectivity index (χ2v) is 2.71. The molecule has 0 aliphatic rings. The number of hydrogen-bond donors (Lipinski definition) is 3. The van der Waals surface area contributed by atoms with Crippen LogP contribution in [-0.2, 0) is 4.79 Å². The predicted molar refractivity (Wildman–Crippen MR) is 43.9 cm³/mol. The van der Waals surface area contributed by atoms with E-state index < -0.39 is 18.1 Å². The van der Waals surface area contributed by atoms with Gasteiger partial charge in [-0.15, -0.1) is 0 Å². The lowest BCUT2D eigenvalue weighted by molar-refractivity contribution is -0.139. The first kappa shape index (κ1) is 9.76. The van der Waals surface area contributed by atoms with Crippen molar-refractivity contribution < 1.29 is 19.4 Å². The molecular weight excluding hydrogens is 174 g/mol. The Hall–Kier alpha value is -1.33. The SMILES string of the molecule is N[C@@H](C[C@@H](O)c1ccco1)C(=O)O. The Balaban J connectivity index is 2.51. The van der Waals surface area contributed by atoms with Crippen molar-refractivity contribution >= 4 is 5.97 Å². The lowest BCUT2D eigenvalue weighted by Gasteiger charge is -2.10. The van der Waals surface area contributed by atoms with Crippen LogP contribution < -0.4 is 5.73 Å². The minimum atomic E-state index is -1.13. The normalized spacial score (nSPS) is 15.2. The predicted octanol–water partition coefficient (Wildman–Crippen LogP) is 0.115. The first-order valence-corrected chi connectivity index (χ1v) is 3.81. The number of aliphatic hydroxyl groups is 1. The van der Waals surface area contributed by atoms with Gasteiger partial charge in [0.25, 0.3) is 0 Å². The van der Waals surface area contributed by atoms with Crippen molar-refractivity contribution in [3.8, 4) is 0 Å². The molecule has 4 N–H and O–H groups in total. The molecular formula is C8H11NO4. The summed E-state index contributed by atoms with van der Waals surface area (Å²) in [6.07, 6.45) is 0.398. The smallest absolute Gasteiger partial charge is 0.320 e. The molecule has 5 heteroatoms. The average molecular weight is 185 g/mol. The van der Waals surface area contributed by atoms with Gasteiger partial charge in [-0.2, -0.15) is 0 Å². The van der Waals surface area contributed by atoms with Crippen LogP contribution in [0.5, 0.6) is 0 Å². The zero-order chi connectivity index (χ0) is 9.84. The highest BCUT2D eigenvalue weighted by molar-refractivity contribution is 5.73. The minimum Gasteiger partial charge on any atom is -0.480 e. The van der Waals surface area contributed by atoms with Crippen LogP contribution >= 0.6 is 0 Å². The van der Waals surface area contributed by atoms with Crippen molar-refractivity contribution in [2.24, 2.45) is 5.73 Å². The summed E-state index contributed by atoms with van der Waals surface area (Å²) >= 11 is 0. The van der Waals surface area contributed by atoms with E-state index in [0.29, 0.717) is 5.76 Å². The Morgan fingerprint density at radius 1 is 1.69 bits per heavy atom. The van der Waals surface area contributed by atoms with Crippen LogP contribution in [0, 0.1) is 0 Å². The van der Waals surface area contributed by atoms with Crippen LogP contribution in [0.4, 0.5) is 0 Å². The molecule has 5 nitrogen and oxygen atoms in total. The summed E-state index contributed by atoms with van der Waals surface area (Å²) in [7, 11) is 0. The molecule has 0 radical (unpaired) electrons. The molecule has 1 heterocycles. The summed E-state index contributed by atoms with van der Waals surface area (Å²) in [5, 5.41) is 17.9. The van der Waals surface area contributed by atoms with Gasteiger partial charge in [0.1, 0.15) is 17.9 Å². The fraction of sp³-hybridized carbons (Fsp3) is 0.375. The fourth-order valence-corrected chi connectivity index (χ4v) is 0.938. The second-order valence-electron chi connectivity index (χ2n) is 2.71. The van der Waals surface area contributed by atoms with Gasteiger partial charge in [0.15, 0.2) is 0 Å². The van der Waals surface area contributed by atoms with Crippen molar-refractivity contribution in [1.82, 2.24) is 0 Å². The van der Waals surface area contributed by atoms with Crippen molar-refractivity contribution in [2.75, 3.05) is 0 Å². The quantitative estimate of drug-likeness (QED) is 0.618. The molecule has 0 aliphatic carbocycles. The van der Waals surface area contributed by atoms with E-state index in [1.807, 2.05) is 0 Å². The Morgan fingerprint density at radius 2 is 2.38 bits per heavy atom. The second kappa shape index (κ2) is 4.06. The van der Waals surface area contributed by atoms with Crippen molar-refractivity contribution in [3.05, 3.63) is 24.2 Å². The molecule has 0 bridgehead atoms. The molecule has 1 rings (SSSR count). The van der Waals surface area contributed by atoms with Gasteiger partial charge in [-0.05, 0) is 12.1 Å². The highest BCUT2D eigenvalue weighted by Crippen LogP contribution is 2.17. The van der Waals surface area contributed by atoms with E-state index in [-0.39, 0.29) is 6.42 Å². The van der Waals surface area contributed by atoms with E-state index in [1.54, 1.807) is 12.1 Å². The standard InChI is InChI=1S/C8H11NO4/c9-5(8(11)12)4-6(10)7-2-1-3-13-7/h1-3,5-6,10H,4,9H2,(H,11,12)/t5-,6+/m0/s1. The molecule has 2 atom stereocenters. The average Bonchev–Trinajstić information content (AvgIpc) is 2.55. The van der Waals surface area contributed by atoms with Crippen LogP contribution in [0.15, 0.2) is 22.8 Å². The monoisotopic (exact) mass is 185 g/mol. The van der Waals surface area contributed by atoms with Crippen LogP contribution in [0.2, 0.25) is 0 Å². The van der Waals surface area contributed by atoms with E-state index in [4.69, 9.17) is 15.3 Å². The van der Waals surface area contributed by atoms with Gasteiger partial charge in [0, 0.05) is 6.42 Å². The largest absolute Gasteiger partial charge is 0.480 e. The Bertz CT molecular complexity index is 270. The highest BCUT2D eigenvalue weighted by Gasteiger charge is 2.19. The summed E-state index contributed by atoms with van der Waals surface area (Å²) in [6.45, 7) is 0. The molecule has 1 aromatic rings. The van der Waals surface area contributed by atoms with Crippen molar-refractivity contribution in [3.63, 3.8) is 0 Å². The summed E-state index contributed by atoms with van der Waals surface area (Å²) < 4.78 is 4.88. The number of nitrogens with two attached hydrogens (primary N) is 1. The lowest BCUT2D eigenvalue weighted by atomic mass is 10.1. The third-order valence-electron chi connectivity index (χ3n) is 1.67. The molecule has 0 aromatic carbocycles. The molecule has 0 spiro atoms. The van der Waals surface area contributed by atoms with Gasteiger partial charge in [0.05, 0.1) is 6.26 Å². The van der Waals surface area contributed by atoms with Crippen LogP contribution in [-0.4, -0.2) is 22.2 Å². The maximum Gasteiger partial charge on any atom is 0.320 e. The van der Waals surface area contributed by atoms with Gasteiger partial charge in [-0.1, -0.05) is 0 Å². The number of carboxylic acids is 1. The number of rotatable bonds is 4. The highest BCUT2D eigenvalue weighted by atomic mass is 16.4. The number of aliphatic carboxylic acids is 1. The van der Waals surface area contributed by atoms with Gasteiger partial charge >= 0.3 is 5.97 Å². The molecule has 1 aromatic heterocycles. The van der Waals surface area contributed by atoms with Gasteiger partial charge < -0.3 is 20.4 Å². The third-order valence-corrected chi connectivity index (χ3v) is 1.67. The van der Waals surface area contributed by atoms with Crippen molar-refractivity contribution in [2.45, 2.75) is 18.6 Å². The van der Waals surface area contributed by atoms with Gasteiger partial charge in [-0.3, -0.25) is 4.79 Å². The zero-order valence-electron chi connectivity index (χ0n) is 6.88. The minimum absolute atomic E-state index is 0.0527. The van der Waals surface area contributed by atoms with E-state index in [0.717, 1.165) is 0 Å². The summed E-state index contributed by atoms with van der Waals surface area (Å²) in [5.74, 6) is -0.803. The van der Waals surface area contributed by atoms with Crippen molar-refractivity contribution in [1.29, 1.82) is 0 Å². The number of carbonyl (C=O) groups is 1. The summed E-state index contributed by atoms with van der Waals surface area (Å²) in [4.78, 5) is 10.3. The van der Waals surface area contributed by atoms with Crippen LogP contribution in [0.25, 0.3) is 0 Å². The Morgan fingerprint density at radius 3 is 2.85 bits per heavy atom. The maximum absolute atomic E-state index is 10.3. The topological polar surface area (TPSA) is 96.7 Å². The van der Waals surface area contributed by atoms with E-state index in [1.165, 1.54) is 6.26 Å². The number of hydrogen-bond acceptors (Lipinski definition) is 4. The fourth-order valence-electron chi connectivity index (χ4n) is 0.938. The lowest BCUT2D eigenvalue weighted by Crippen LogP contribution is -2.31. The van der Waals surface area contributed by atoms with Crippen LogP contribution in [0.1, 0.15) is 18.3 Å². The van der Waals surface area contributed by atoms with E-state index >= 15 is 0 Å².